The molecule has 13 heteroatoms. The third-order valence-electron chi connectivity index (χ3n) is 6.87. The Morgan fingerprint density at radius 1 is 0.533 bits per heavy atom. The first-order chi connectivity index (χ1) is 20.4. The van der Waals surface area contributed by atoms with Crippen LogP contribution in [0.4, 0.5) is 0 Å². The zero-order valence-corrected chi connectivity index (χ0v) is 28.7. The Kier molecular flexibility index (Phi) is 23.5. The van der Waals surface area contributed by atoms with Gasteiger partial charge in [-0.2, -0.15) is 0 Å². The van der Waals surface area contributed by atoms with Crippen LogP contribution in [0.3, 0.4) is 0 Å². The monoisotopic (exact) mass is 646 g/mol. The van der Waals surface area contributed by atoms with E-state index in [1.165, 1.54) is 0 Å². The van der Waals surface area contributed by atoms with Crippen LogP contribution >= 0.6 is 0 Å². The van der Waals surface area contributed by atoms with Crippen LogP contribution < -0.4 is 10.2 Å². The molecule has 0 heterocycles. The minimum atomic E-state index is -1.27. The van der Waals surface area contributed by atoms with E-state index in [2.05, 4.69) is 26.3 Å². The van der Waals surface area contributed by atoms with Gasteiger partial charge < -0.3 is 38.7 Å². The minimum Gasteiger partial charge on any atom is -0.550 e. The Bertz CT molecular complexity index is 909. The molecule has 0 spiro atoms. The summed E-state index contributed by atoms with van der Waals surface area (Å²) in [5.74, 6) is -5.02. The van der Waals surface area contributed by atoms with Crippen LogP contribution in [-0.4, -0.2) is 83.3 Å². The van der Waals surface area contributed by atoms with Crippen molar-refractivity contribution in [1.29, 1.82) is 0 Å². The van der Waals surface area contributed by atoms with Crippen molar-refractivity contribution < 1.29 is 57.9 Å². The molecule has 0 radical (unpaired) electrons. The maximum absolute atomic E-state index is 11.6. The Labute approximate surface area is 282 Å². The van der Waals surface area contributed by atoms with Gasteiger partial charge in [0.2, 0.25) is 0 Å². The average molecular weight is 647 g/mol. The first-order valence-corrected chi connectivity index (χ1v) is 14.2. The van der Waals surface area contributed by atoms with Gasteiger partial charge in [-0.25, -0.2) is 19.2 Å². The molecule has 45 heavy (non-hydrogen) atoms. The second-order valence-electron chi connectivity index (χ2n) is 10.5. The SMILES string of the molecule is C=CC(=O)OC(C)CC(CC)(CC(C)OC(=O)C=C)C(=O)[O-].C=CC(=O)OC(C)CC(CC)(CC(C)OC(=O)C=C)C(=O)[O-].[Mg+2]. The molecule has 0 aromatic rings. The third-order valence-corrected chi connectivity index (χ3v) is 6.87. The van der Waals surface area contributed by atoms with Crippen LogP contribution in [0.2, 0.25) is 0 Å². The van der Waals surface area contributed by atoms with Crippen molar-refractivity contribution in [3.05, 3.63) is 50.6 Å². The fourth-order valence-electron chi connectivity index (χ4n) is 4.72. The van der Waals surface area contributed by atoms with Gasteiger partial charge in [0.25, 0.3) is 0 Å². The van der Waals surface area contributed by atoms with Gasteiger partial charge in [-0.1, -0.05) is 40.2 Å². The largest absolute Gasteiger partial charge is 2.00 e. The molecule has 4 unspecified atom stereocenters. The number of rotatable bonds is 20. The van der Waals surface area contributed by atoms with Crippen LogP contribution in [0.15, 0.2) is 50.6 Å². The molecule has 0 aromatic heterocycles. The molecular weight excluding hydrogens is 601 g/mol. The molecule has 0 aliphatic heterocycles. The molecular formula is C32H46MgO12. The first kappa shape index (κ1) is 46.0. The normalized spacial score (nSPS) is 15.4. The zero-order valence-electron chi connectivity index (χ0n) is 27.3. The quantitative estimate of drug-likeness (QED) is 0.0811. The van der Waals surface area contributed by atoms with Gasteiger partial charge >= 0.3 is 46.9 Å². The topological polar surface area (TPSA) is 185 Å². The predicted octanol–water partition coefficient (Wildman–Crippen LogP) is 1.92. The van der Waals surface area contributed by atoms with E-state index >= 15 is 0 Å². The van der Waals surface area contributed by atoms with E-state index in [0.717, 1.165) is 24.3 Å². The molecule has 0 rings (SSSR count). The van der Waals surface area contributed by atoms with E-state index in [9.17, 15) is 39.0 Å². The van der Waals surface area contributed by atoms with Crippen molar-refractivity contribution in [2.24, 2.45) is 10.8 Å². The van der Waals surface area contributed by atoms with E-state index in [1.54, 1.807) is 41.5 Å². The van der Waals surface area contributed by atoms with Gasteiger partial charge in [0.15, 0.2) is 0 Å². The van der Waals surface area contributed by atoms with Crippen molar-refractivity contribution in [2.45, 2.75) is 104 Å². The number of esters is 4. The van der Waals surface area contributed by atoms with E-state index in [-0.39, 0.29) is 61.6 Å². The Hall–Kier alpha value is -3.45. The van der Waals surface area contributed by atoms with Gasteiger partial charge in [0, 0.05) is 47.1 Å². The summed E-state index contributed by atoms with van der Waals surface area (Å²) in [4.78, 5) is 68.0. The Morgan fingerprint density at radius 3 is 0.822 bits per heavy atom. The van der Waals surface area contributed by atoms with Crippen LogP contribution in [0.5, 0.6) is 0 Å². The molecule has 0 saturated carbocycles. The second-order valence-corrected chi connectivity index (χ2v) is 10.5. The molecule has 4 atom stereocenters. The van der Waals surface area contributed by atoms with Gasteiger partial charge in [0.1, 0.15) is 24.4 Å². The number of carbonyl (C=O) groups excluding carboxylic acids is 6. The van der Waals surface area contributed by atoms with E-state index in [0.29, 0.717) is 0 Å². The molecule has 0 aromatic carbocycles. The average Bonchev–Trinajstić information content (AvgIpc) is 2.95. The number of hydrogen-bond donors (Lipinski definition) is 0. The standard InChI is InChI=1S/2C16H24O6.Mg/c2*1-6-13(17)21-11(4)9-16(8-3,15(19)20)10-12(5)22-14(18)7-2;/h2*6-7,11-12H,1-2,8-10H2,3-5H3,(H,19,20);/q;;+2/p-2. The fourth-order valence-corrected chi connectivity index (χ4v) is 4.72. The summed E-state index contributed by atoms with van der Waals surface area (Å²) in [5.41, 5.74) is -2.52. The van der Waals surface area contributed by atoms with Crippen molar-refractivity contribution >= 4 is 58.9 Å². The van der Waals surface area contributed by atoms with Crippen LogP contribution in [-0.2, 0) is 47.7 Å². The van der Waals surface area contributed by atoms with Crippen LogP contribution in [0.1, 0.15) is 80.1 Å². The van der Waals surface area contributed by atoms with Crippen LogP contribution in [0, 0.1) is 10.8 Å². The van der Waals surface area contributed by atoms with Crippen molar-refractivity contribution in [1.82, 2.24) is 0 Å². The number of hydrogen-bond acceptors (Lipinski definition) is 12. The Morgan fingerprint density at radius 2 is 0.711 bits per heavy atom. The molecule has 12 nitrogen and oxygen atoms in total. The molecule has 0 amide bonds. The smallest absolute Gasteiger partial charge is 0.550 e. The van der Waals surface area contributed by atoms with E-state index in [4.69, 9.17) is 18.9 Å². The second kappa shape index (κ2) is 23.0. The Balaban J connectivity index is -0.000000767. The number of carboxylic acid groups (broad SMARTS) is 2. The third kappa shape index (κ3) is 17.6. The maximum Gasteiger partial charge on any atom is 2.00 e. The van der Waals surface area contributed by atoms with Gasteiger partial charge in [-0.05, 0) is 66.2 Å². The molecule has 0 aliphatic carbocycles. The van der Waals surface area contributed by atoms with Crippen LogP contribution in [0.25, 0.3) is 0 Å². The maximum atomic E-state index is 11.6. The summed E-state index contributed by atoms with van der Waals surface area (Å²) < 4.78 is 20.1. The number of aliphatic carboxylic acids is 2. The summed E-state index contributed by atoms with van der Waals surface area (Å²) >= 11 is 0. The first-order valence-electron chi connectivity index (χ1n) is 14.2. The molecule has 0 aliphatic rings. The summed E-state index contributed by atoms with van der Waals surface area (Å²) in [5, 5.41) is 23.2. The predicted molar refractivity (Wildman–Crippen MR) is 163 cm³/mol. The van der Waals surface area contributed by atoms with Crippen molar-refractivity contribution in [3.8, 4) is 0 Å². The molecule has 0 bridgehead atoms. The number of carbonyl (C=O) groups is 6. The van der Waals surface area contributed by atoms with E-state index < -0.39 is 71.1 Å². The molecule has 0 N–H and O–H groups in total. The number of ether oxygens (including phenoxy) is 4. The summed E-state index contributed by atoms with van der Waals surface area (Å²) in [7, 11) is 0. The zero-order chi connectivity index (χ0) is 34.7. The summed E-state index contributed by atoms with van der Waals surface area (Å²) in [6.45, 7) is 22.9. The van der Waals surface area contributed by atoms with Gasteiger partial charge in [-0.15, -0.1) is 0 Å². The van der Waals surface area contributed by atoms with Gasteiger partial charge in [0.05, 0.1) is 0 Å². The molecule has 248 valence electrons. The fraction of sp³-hybridized carbons (Fsp3) is 0.562. The van der Waals surface area contributed by atoms with Crippen molar-refractivity contribution in [2.75, 3.05) is 0 Å². The van der Waals surface area contributed by atoms with Crippen molar-refractivity contribution in [3.63, 3.8) is 0 Å². The summed E-state index contributed by atoms with van der Waals surface area (Å²) in [6.07, 6.45) is 2.24. The molecule has 0 fully saturated rings. The molecule has 0 saturated heterocycles. The van der Waals surface area contributed by atoms with E-state index in [1.807, 2.05) is 0 Å². The number of carboxylic acids is 2. The van der Waals surface area contributed by atoms with Gasteiger partial charge in [-0.3, -0.25) is 0 Å². The minimum absolute atomic E-state index is 0. The summed E-state index contributed by atoms with van der Waals surface area (Å²) in [6, 6.07) is 0.